The normalized spacial score (nSPS) is 16.6. The first-order valence-electron chi connectivity index (χ1n) is 8.48. The molecule has 0 spiro atoms. The van der Waals surface area contributed by atoms with Crippen LogP contribution in [0.15, 0.2) is 47.4 Å². The number of rotatable bonds is 4. The van der Waals surface area contributed by atoms with E-state index < -0.39 is 10.0 Å². The molecule has 1 saturated carbocycles. The minimum atomic E-state index is -3.65. The van der Waals surface area contributed by atoms with Crippen molar-refractivity contribution in [1.29, 1.82) is 0 Å². The zero-order valence-corrected chi connectivity index (χ0v) is 14.8. The van der Waals surface area contributed by atoms with E-state index in [1.807, 2.05) is 19.1 Å². The molecule has 0 unspecified atom stereocenters. The standard InChI is InChI=1S/C19H20N2O3S/c1-13-4-2-3-5-17(13)20-25(23,24)16-8-9-18-15(12-16)10-11-21(18)19(22)14-6-7-14/h2-5,8-9,12,14,20H,6-7,10-11H2,1H3. The highest BCUT2D eigenvalue weighted by molar-refractivity contribution is 7.92. The quantitative estimate of drug-likeness (QED) is 0.915. The third-order valence-corrected chi connectivity index (χ3v) is 6.20. The highest BCUT2D eigenvalue weighted by atomic mass is 32.2. The molecule has 130 valence electrons. The van der Waals surface area contributed by atoms with E-state index in [2.05, 4.69) is 4.72 Å². The number of nitrogens with one attached hydrogen (secondary N) is 1. The maximum atomic E-state index is 12.7. The number of carbonyl (C=O) groups is 1. The molecule has 0 radical (unpaired) electrons. The number of benzene rings is 2. The van der Waals surface area contributed by atoms with E-state index in [4.69, 9.17) is 0 Å². The van der Waals surface area contributed by atoms with E-state index in [1.54, 1.807) is 35.2 Å². The Kier molecular flexibility index (Phi) is 3.80. The molecule has 6 heteroatoms. The minimum Gasteiger partial charge on any atom is -0.312 e. The van der Waals surface area contributed by atoms with Crippen LogP contribution in [0.3, 0.4) is 0 Å². The van der Waals surface area contributed by atoms with Crippen molar-refractivity contribution >= 4 is 27.3 Å². The van der Waals surface area contributed by atoms with Crippen molar-refractivity contribution < 1.29 is 13.2 Å². The average Bonchev–Trinajstić information content (AvgIpc) is 3.35. The van der Waals surface area contributed by atoms with Crippen LogP contribution in [0.4, 0.5) is 11.4 Å². The summed E-state index contributed by atoms with van der Waals surface area (Å²) in [4.78, 5) is 14.4. The Balaban J connectivity index is 1.61. The van der Waals surface area contributed by atoms with Crippen LogP contribution in [0.25, 0.3) is 0 Å². The number of hydrogen-bond donors (Lipinski definition) is 1. The summed E-state index contributed by atoms with van der Waals surface area (Å²) in [5, 5.41) is 0. The SMILES string of the molecule is Cc1ccccc1NS(=O)(=O)c1ccc2c(c1)CCN2C(=O)C1CC1. The van der Waals surface area contributed by atoms with Crippen molar-refractivity contribution in [3.63, 3.8) is 0 Å². The van der Waals surface area contributed by atoms with E-state index in [0.717, 1.165) is 29.7 Å². The average molecular weight is 356 g/mol. The van der Waals surface area contributed by atoms with Crippen molar-refractivity contribution in [2.75, 3.05) is 16.2 Å². The predicted molar refractivity (Wildman–Crippen MR) is 97.2 cm³/mol. The van der Waals surface area contributed by atoms with E-state index in [1.165, 1.54) is 0 Å². The Morgan fingerprint density at radius 3 is 2.64 bits per heavy atom. The minimum absolute atomic E-state index is 0.164. The summed E-state index contributed by atoms with van der Waals surface area (Å²) < 4.78 is 28.0. The lowest BCUT2D eigenvalue weighted by molar-refractivity contribution is -0.119. The molecule has 0 aromatic heterocycles. The number of nitrogens with zero attached hydrogens (tertiary/aromatic N) is 1. The van der Waals surface area contributed by atoms with Gasteiger partial charge in [0.2, 0.25) is 5.91 Å². The van der Waals surface area contributed by atoms with Crippen LogP contribution in [0.1, 0.15) is 24.0 Å². The van der Waals surface area contributed by atoms with Gasteiger partial charge in [-0.25, -0.2) is 8.42 Å². The molecule has 2 aromatic carbocycles. The van der Waals surface area contributed by atoms with Gasteiger partial charge in [-0.05, 0) is 61.6 Å². The van der Waals surface area contributed by atoms with E-state index in [9.17, 15) is 13.2 Å². The van der Waals surface area contributed by atoms with Crippen molar-refractivity contribution in [2.45, 2.75) is 31.1 Å². The maximum Gasteiger partial charge on any atom is 0.261 e. The van der Waals surface area contributed by atoms with Crippen LogP contribution < -0.4 is 9.62 Å². The molecule has 2 aliphatic rings. The van der Waals surface area contributed by atoms with Gasteiger partial charge in [0.1, 0.15) is 0 Å². The second-order valence-corrected chi connectivity index (χ2v) is 8.41. The molecule has 0 saturated heterocycles. The summed E-state index contributed by atoms with van der Waals surface area (Å²) in [5.74, 6) is 0.337. The molecule has 1 amide bonds. The first kappa shape index (κ1) is 16.1. The second kappa shape index (κ2) is 5.88. The maximum absolute atomic E-state index is 12.7. The van der Waals surface area contributed by atoms with Crippen LogP contribution in [-0.2, 0) is 21.2 Å². The fraction of sp³-hybridized carbons (Fsp3) is 0.316. The summed E-state index contributed by atoms with van der Waals surface area (Å²) in [5.41, 5.74) is 3.22. The molecule has 1 aliphatic heterocycles. The molecular formula is C19H20N2O3S. The van der Waals surface area contributed by atoms with E-state index in [0.29, 0.717) is 18.7 Å². The molecule has 1 heterocycles. The molecule has 0 bridgehead atoms. The van der Waals surface area contributed by atoms with Crippen LogP contribution in [0, 0.1) is 12.8 Å². The van der Waals surface area contributed by atoms with Gasteiger partial charge >= 0.3 is 0 Å². The lowest BCUT2D eigenvalue weighted by atomic mass is 10.2. The lowest BCUT2D eigenvalue weighted by Gasteiger charge is -2.17. The van der Waals surface area contributed by atoms with Gasteiger partial charge in [0.05, 0.1) is 10.6 Å². The molecule has 5 nitrogen and oxygen atoms in total. The summed E-state index contributed by atoms with van der Waals surface area (Å²) in [6.45, 7) is 2.50. The summed E-state index contributed by atoms with van der Waals surface area (Å²) >= 11 is 0. The number of para-hydroxylation sites is 1. The van der Waals surface area contributed by atoms with E-state index in [-0.39, 0.29) is 16.7 Å². The molecule has 2 aromatic rings. The van der Waals surface area contributed by atoms with Crippen molar-refractivity contribution in [3.05, 3.63) is 53.6 Å². The van der Waals surface area contributed by atoms with Gasteiger partial charge in [-0.1, -0.05) is 18.2 Å². The van der Waals surface area contributed by atoms with Gasteiger partial charge in [-0.15, -0.1) is 0 Å². The molecule has 1 fully saturated rings. The zero-order chi connectivity index (χ0) is 17.6. The Morgan fingerprint density at radius 1 is 1.16 bits per heavy atom. The van der Waals surface area contributed by atoms with Gasteiger partial charge in [0.15, 0.2) is 0 Å². The third kappa shape index (κ3) is 3.02. The fourth-order valence-corrected chi connectivity index (χ4v) is 4.40. The van der Waals surface area contributed by atoms with Gasteiger partial charge in [-0.2, -0.15) is 0 Å². The molecule has 0 atom stereocenters. The Labute approximate surface area is 147 Å². The predicted octanol–water partition coefficient (Wildman–Crippen LogP) is 3.09. The summed E-state index contributed by atoms with van der Waals surface area (Å²) in [6.07, 6.45) is 2.64. The van der Waals surface area contributed by atoms with Crippen LogP contribution in [0.5, 0.6) is 0 Å². The van der Waals surface area contributed by atoms with Crippen molar-refractivity contribution in [1.82, 2.24) is 0 Å². The van der Waals surface area contributed by atoms with Gasteiger partial charge in [0.25, 0.3) is 10.0 Å². The molecule has 1 aliphatic carbocycles. The smallest absolute Gasteiger partial charge is 0.261 e. The topological polar surface area (TPSA) is 66.5 Å². The number of aryl methyl sites for hydroxylation is 1. The number of anilines is 2. The summed E-state index contributed by atoms with van der Waals surface area (Å²) in [6, 6.07) is 12.3. The van der Waals surface area contributed by atoms with Crippen LogP contribution >= 0.6 is 0 Å². The first-order chi connectivity index (χ1) is 12.0. The number of sulfonamides is 1. The molecule has 25 heavy (non-hydrogen) atoms. The van der Waals surface area contributed by atoms with Gasteiger partial charge in [0, 0.05) is 18.2 Å². The van der Waals surface area contributed by atoms with Crippen molar-refractivity contribution in [2.24, 2.45) is 5.92 Å². The number of hydrogen-bond acceptors (Lipinski definition) is 3. The number of amides is 1. The zero-order valence-electron chi connectivity index (χ0n) is 14.0. The Morgan fingerprint density at radius 2 is 1.92 bits per heavy atom. The first-order valence-corrected chi connectivity index (χ1v) is 9.97. The Hall–Kier alpha value is -2.34. The van der Waals surface area contributed by atoms with Crippen LogP contribution in [-0.4, -0.2) is 20.9 Å². The monoisotopic (exact) mass is 356 g/mol. The Bertz CT molecular complexity index is 949. The number of fused-ring (bicyclic) bond motifs is 1. The van der Waals surface area contributed by atoms with Crippen molar-refractivity contribution in [3.8, 4) is 0 Å². The molecule has 4 rings (SSSR count). The van der Waals surface area contributed by atoms with E-state index >= 15 is 0 Å². The lowest BCUT2D eigenvalue weighted by Crippen LogP contribution is -2.30. The van der Waals surface area contributed by atoms with Crippen LogP contribution in [0.2, 0.25) is 0 Å². The van der Waals surface area contributed by atoms with Gasteiger partial charge < -0.3 is 4.90 Å². The van der Waals surface area contributed by atoms with Gasteiger partial charge in [-0.3, -0.25) is 9.52 Å². The second-order valence-electron chi connectivity index (χ2n) is 6.73. The third-order valence-electron chi connectivity index (χ3n) is 4.84. The molecular weight excluding hydrogens is 336 g/mol. The molecule has 1 N–H and O–H groups in total. The largest absolute Gasteiger partial charge is 0.312 e. The highest BCUT2D eigenvalue weighted by Gasteiger charge is 2.36. The highest BCUT2D eigenvalue weighted by Crippen LogP contribution is 2.37. The fourth-order valence-electron chi connectivity index (χ4n) is 3.22. The number of carbonyl (C=O) groups excluding carboxylic acids is 1. The summed E-state index contributed by atoms with van der Waals surface area (Å²) in [7, 11) is -3.65.